The van der Waals surface area contributed by atoms with Crippen molar-refractivity contribution in [1.82, 2.24) is 4.57 Å². The van der Waals surface area contributed by atoms with Gasteiger partial charge in [0, 0.05) is 50.3 Å². The monoisotopic (exact) mass is 1190 g/mol. The minimum absolute atomic E-state index is 0.0269. The first-order valence-corrected chi connectivity index (χ1v) is 33.0. The summed E-state index contributed by atoms with van der Waals surface area (Å²) in [5, 5.41) is 2.54. The van der Waals surface area contributed by atoms with Crippen molar-refractivity contribution in [3.8, 4) is 72.4 Å². The summed E-state index contributed by atoms with van der Waals surface area (Å²) in [7, 11) is 0. The van der Waals surface area contributed by atoms with Crippen molar-refractivity contribution in [3.05, 3.63) is 277 Å². The third-order valence-corrected chi connectivity index (χ3v) is 20.2. The van der Waals surface area contributed by atoms with Gasteiger partial charge < -0.3 is 14.4 Å². The summed E-state index contributed by atoms with van der Waals surface area (Å²) in [4.78, 5) is 5.30. The van der Waals surface area contributed by atoms with Gasteiger partial charge in [-0.3, -0.25) is 0 Å². The molecule has 0 fully saturated rings. The molecule has 3 aliphatic heterocycles. The largest absolute Gasteiger partial charge is 0.311 e. The zero-order chi connectivity index (χ0) is 63.3. The summed E-state index contributed by atoms with van der Waals surface area (Å²) < 4.78 is 2.58. The second-order valence-corrected chi connectivity index (χ2v) is 30.2. The van der Waals surface area contributed by atoms with Crippen LogP contribution in [0.2, 0.25) is 0 Å². The Morgan fingerprint density at radius 3 is 1.20 bits per heavy atom. The van der Waals surface area contributed by atoms with E-state index in [1.807, 2.05) is 0 Å². The molecule has 4 heteroatoms. The van der Waals surface area contributed by atoms with Crippen LogP contribution >= 0.6 is 0 Å². The number of fused-ring (bicyclic) bond motifs is 12. The summed E-state index contributed by atoms with van der Waals surface area (Å²) >= 11 is 0. The van der Waals surface area contributed by atoms with E-state index in [2.05, 4.69) is 352 Å². The lowest BCUT2D eigenvalue weighted by Gasteiger charge is -2.45. The molecule has 0 aliphatic carbocycles. The van der Waals surface area contributed by atoms with Gasteiger partial charge in [0.2, 0.25) is 0 Å². The molecule has 1 aromatic heterocycles. The van der Waals surface area contributed by atoms with E-state index in [0.29, 0.717) is 0 Å². The van der Waals surface area contributed by atoms with E-state index in [9.17, 15) is 0 Å². The molecule has 0 radical (unpaired) electrons. The van der Waals surface area contributed by atoms with E-state index in [1.54, 1.807) is 0 Å². The van der Waals surface area contributed by atoms with Gasteiger partial charge >= 0.3 is 0 Å². The molecule has 13 aromatic rings. The molecule has 0 atom stereocenters. The highest BCUT2D eigenvalue weighted by molar-refractivity contribution is 7.00. The highest BCUT2D eigenvalue weighted by Gasteiger charge is 2.47. The fourth-order valence-corrected chi connectivity index (χ4v) is 15.0. The third kappa shape index (κ3) is 9.39. The first-order valence-electron chi connectivity index (χ1n) is 33.0. The zero-order valence-corrected chi connectivity index (χ0v) is 55.2. The third-order valence-electron chi connectivity index (χ3n) is 20.2. The summed E-state index contributed by atoms with van der Waals surface area (Å²) in [5.41, 5.74) is 34.0. The van der Waals surface area contributed by atoms with Crippen molar-refractivity contribution in [1.29, 1.82) is 0 Å². The lowest BCUT2D eigenvalue weighted by atomic mass is 9.33. The van der Waals surface area contributed by atoms with Crippen molar-refractivity contribution in [2.24, 2.45) is 0 Å². The highest BCUT2D eigenvalue weighted by atomic mass is 15.2. The fourth-order valence-electron chi connectivity index (χ4n) is 15.0. The van der Waals surface area contributed by atoms with Crippen molar-refractivity contribution in [2.45, 2.75) is 105 Å². The van der Waals surface area contributed by atoms with E-state index in [0.717, 1.165) is 22.7 Å². The van der Waals surface area contributed by atoms with Gasteiger partial charge in [0.15, 0.2) is 0 Å². The first-order chi connectivity index (χ1) is 44.1. The van der Waals surface area contributed by atoms with Crippen LogP contribution in [0.4, 0.5) is 34.1 Å². The SMILES string of the molecule is CC(C)(C)c1ccc(-c2ccc(N3c4ccc(-c5ccc(C(C)(C)C)cc5)cc4B4c5cc(-c6ccccc6)cc6c5N(c5ccc(-c7ccccc7)cc5-c5ccccc5-6)c5cc(-n6c7ccc(C(C)(C)C)cc7c7cc(C(C)(C)C)ccc76)cc3c54)cc2)cc1. The maximum Gasteiger partial charge on any atom is 0.252 e. The lowest BCUT2D eigenvalue weighted by Crippen LogP contribution is -2.61. The average molecular weight is 1190 g/mol. The molecule has 12 aromatic carbocycles. The van der Waals surface area contributed by atoms with Crippen molar-refractivity contribution < 1.29 is 0 Å². The van der Waals surface area contributed by atoms with Crippen LogP contribution in [0, 0.1) is 0 Å². The summed E-state index contributed by atoms with van der Waals surface area (Å²) in [5.74, 6) is 0. The molecule has 0 bridgehead atoms. The molecule has 448 valence electrons. The molecule has 16 rings (SSSR count). The Bertz CT molecular complexity index is 5030. The maximum atomic E-state index is 2.69. The van der Waals surface area contributed by atoms with Gasteiger partial charge in [0.25, 0.3) is 6.71 Å². The predicted octanol–water partition coefficient (Wildman–Crippen LogP) is 22.4. The Labute approximate surface area is 544 Å². The second kappa shape index (κ2) is 20.8. The van der Waals surface area contributed by atoms with Gasteiger partial charge in [-0.1, -0.05) is 265 Å². The molecule has 0 saturated heterocycles. The van der Waals surface area contributed by atoms with Crippen LogP contribution in [-0.4, -0.2) is 11.3 Å². The summed E-state index contributed by atoms with van der Waals surface area (Å²) in [6.07, 6.45) is 0. The van der Waals surface area contributed by atoms with E-state index < -0.39 is 0 Å². The predicted molar refractivity (Wildman–Crippen MR) is 396 cm³/mol. The van der Waals surface area contributed by atoms with E-state index >= 15 is 0 Å². The summed E-state index contributed by atoms with van der Waals surface area (Å²) in [6, 6.07) is 98.3. The number of hydrogen-bond donors (Lipinski definition) is 0. The molecule has 3 nitrogen and oxygen atoms in total. The highest BCUT2D eigenvalue weighted by Crippen LogP contribution is 2.56. The van der Waals surface area contributed by atoms with Crippen molar-refractivity contribution in [2.75, 3.05) is 9.80 Å². The number of anilines is 6. The van der Waals surface area contributed by atoms with Crippen molar-refractivity contribution in [3.63, 3.8) is 0 Å². The van der Waals surface area contributed by atoms with E-state index in [1.165, 1.54) is 144 Å². The topological polar surface area (TPSA) is 11.4 Å². The molecule has 0 saturated carbocycles. The fraction of sp³-hybridized carbons (Fsp3) is 0.182. The molecule has 0 N–H and O–H groups in total. The molecule has 0 unspecified atom stereocenters. The van der Waals surface area contributed by atoms with Gasteiger partial charge in [-0.05, 0) is 189 Å². The Kier molecular flexibility index (Phi) is 13.0. The smallest absolute Gasteiger partial charge is 0.252 e. The minimum Gasteiger partial charge on any atom is -0.311 e. The Hall–Kier alpha value is -9.90. The molecule has 3 aliphatic rings. The normalized spacial score (nSPS) is 13.4. The van der Waals surface area contributed by atoms with Crippen LogP contribution in [0.5, 0.6) is 0 Å². The number of rotatable bonds is 6. The molecule has 4 heterocycles. The molecule has 0 amide bonds. The number of aromatic nitrogens is 1. The van der Waals surface area contributed by atoms with Gasteiger partial charge in [0.1, 0.15) is 0 Å². The minimum atomic E-state index is -0.178. The zero-order valence-electron chi connectivity index (χ0n) is 55.2. The Balaban J connectivity index is 1.04. The van der Waals surface area contributed by atoms with Crippen LogP contribution in [0.15, 0.2) is 255 Å². The van der Waals surface area contributed by atoms with Crippen LogP contribution < -0.4 is 26.2 Å². The van der Waals surface area contributed by atoms with Gasteiger partial charge in [-0.2, -0.15) is 0 Å². The molecular formula is C88H78BN3. The van der Waals surface area contributed by atoms with Crippen LogP contribution in [0.25, 0.3) is 94.3 Å². The number of hydrogen-bond acceptors (Lipinski definition) is 2. The molecular weight excluding hydrogens is 1110 g/mol. The van der Waals surface area contributed by atoms with Gasteiger partial charge in [-0.25, -0.2) is 0 Å². The Morgan fingerprint density at radius 2 is 0.663 bits per heavy atom. The van der Waals surface area contributed by atoms with Gasteiger partial charge in [0.05, 0.1) is 22.4 Å². The van der Waals surface area contributed by atoms with Crippen molar-refractivity contribution >= 4 is 79.0 Å². The number of nitrogens with zero attached hydrogens (tertiary/aromatic N) is 3. The number of benzene rings is 12. The lowest BCUT2D eigenvalue weighted by molar-refractivity contribution is 0.590. The Morgan fingerprint density at radius 1 is 0.261 bits per heavy atom. The standard InChI is InChI=1S/C88H78BN3/c1-85(2,3)63-35-27-57(28-36-63)58-31-41-67(42-32-58)90-80-44-34-61(59-29-37-64(38-30-59)86(4,5)6)49-75(80)89-76-50-62(56-23-17-14-18-24-56)48-74-70-26-20-19-25-69(70)71-47-60(55-21-15-13-16-22-55)33-43-79(71)92(84(74)76)82-54-68(53-81(90)83(82)89)91-77-45-39-65(87(7,8)9)51-72(77)73-52-66(88(10,11)12)40-46-78(73)91/h13-54H,1-12H3. The van der Waals surface area contributed by atoms with Crippen LogP contribution in [0.3, 0.4) is 0 Å². The van der Waals surface area contributed by atoms with Crippen LogP contribution in [0.1, 0.15) is 105 Å². The van der Waals surface area contributed by atoms with E-state index in [-0.39, 0.29) is 28.4 Å². The summed E-state index contributed by atoms with van der Waals surface area (Å²) in [6.45, 7) is 27.6. The first kappa shape index (κ1) is 57.3. The average Bonchev–Trinajstić information content (AvgIpc) is 1.13. The van der Waals surface area contributed by atoms with Crippen LogP contribution in [-0.2, 0) is 21.7 Å². The van der Waals surface area contributed by atoms with Gasteiger partial charge in [-0.15, -0.1) is 0 Å². The quantitative estimate of drug-likeness (QED) is 0.154. The maximum absolute atomic E-state index is 2.69. The molecule has 92 heavy (non-hydrogen) atoms. The van der Waals surface area contributed by atoms with E-state index in [4.69, 9.17) is 0 Å². The molecule has 0 spiro atoms. The second-order valence-electron chi connectivity index (χ2n) is 30.2.